The highest BCUT2D eigenvalue weighted by Crippen LogP contribution is 1.80. The average Bonchev–Trinajstić information content (AvgIpc) is 1.85. The maximum Gasteiger partial charge on any atom is 0.0638 e. The van der Waals surface area contributed by atoms with Crippen LogP contribution < -0.4 is 11.5 Å². The van der Waals surface area contributed by atoms with E-state index in [-0.39, 0.29) is 6.10 Å². The van der Waals surface area contributed by atoms with Gasteiger partial charge in [-0.3, -0.25) is 0 Å². The highest BCUT2D eigenvalue weighted by atomic mass is 16.3. The summed E-state index contributed by atoms with van der Waals surface area (Å²) in [5.41, 5.74) is 9.81. The van der Waals surface area contributed by atoms with Gasteiger partial charge in [0.05, 0.1) is 6.10 Å². The van der Waals surface area contributed by atoms with Crippen LogP contribution in [0.15, 0.2) is 0 Å². The van der Waals surface area contributed by atoms with E-state index in [0.717, 1.165) is 6.54 Å². The third-order valence-electron chi connectivity index (χ3n) is 0.796. The van der Waals surface area contributed by atoms with Crippen molar-refractivity contribution in [2.45, 2.75) is 13.0 Å². The quantitative estimate of drug-likeness (QED) is 0.490. The molecule has 1 atom stereocenters. The van der Waals surface area contributed by atoms with Crippen molar-refractivity contribution in [1.82, 2.24) is 4.90 Å². The SMILES string of the molecule is CC(O)CN(C)C.NCCN. The molecule has 1 unspecified atom stereocenters. The fraction of sp³-hybridized carbons (Fsp3) is 1.00. The summed E-state index contributed by atoms with van der Waals surface area (Å²) >= 11 is 0. The lowest BCUT2D eigenvalue weighted by Gasteiger charge is -2.10. The molecular formula is C7H21N3O. The van der Waals surface area contributed by atoms with Crippen LogP contribution in [0.1, 0.15) is 6.92 Å². The van der Waals surface area contributed by atoms with Crippen molar-refractivity contribution in [1.29, 1.82) is 0 Å². The predicted molar refractivity (Wildman–Crippen MR) is 48.3 cm³/mol. The molecule has 0 aliphatic heterocycles. The van der Waals surface area contributed by atoms with Gasteiger partial charge in [0.2, 0.25) is 0 Å². The van der Waals surface area contributed by atoms with Crippen molar-refractivity contribution < 1.29 is 5.11 Å². The van der Waals surface area contributed by atoms with Gasteiger partial charge < -0.3 is 21.5 Å². The molecule has 0 aromatic rings. The predicted octanol–water partition coefficient (Wildman–Crippen LogP) is -1.17. The molecule has 0 spiro atoms. The number of hydrogen-bond acceptors (Lipinski definition) is 4. The Morgan fingerprint density at radius 2 is 1.64 bits per heavy atom. The van der Waals surface area contributed by atoms with E-state index in [0.29, 0.717) is 13.1 Å². The van der Waals surface area contributed by atoms with Crippen LogP contribution in [-0.2, 0) is 0 Å². The van der Waals surface area contributed by atoms with Crippen LogP contribution in [0.3, 0.4) is 0 Å². The molecule has 0 rings (SSSR count). The number of rotatable bonds is 3. The Labute approximate surface area is 69.2 Å². The van der Waals surface area contributed by atoms with E-state index in [4.69, 9.17) is 16.6 Å². The summed E-state index contributed by atoms with van der Waals surface area (Å²) in [6, 6.07) is 0. The fourth-order valence-electron chi connectivity index (χ4n) is 0.528. The lowest BCUT2D eigenvalue weighted by molar-refractivity contribution is 0.154. The topological polar surface area (TPSA) is 75.5 Å². The Balaban J connectivity index is 0. The molecule has 0 aromatic carbocycles. The van der Waals surface area contributed by atoms with Crippen LogP contribution in [0.2, 0.25) is 0 Å². The molecule has 0 fully saturated rings. The van der Waals surface area contributed by atoms with E-state index in [2.05, 4.69) is 0 Å². The van der Waals surface area contributed by atoms with Gasteiger partial charge in [-0.05, 0) is 21.0 Å². The molecule has 0 radical (unpaired) electrons. The maximum atomic E-state index is 8.68. The van der Waals surface area contributed by atoms with Crippen molar-refractivity contribution in [2.75, 3.05) is 33.7 Å². The highest BCUT2D eigenvalue weighted by Gasteiger charge is 1.93. The van der Waals surface area contributed by atoms with Crippen molar-refractivity contribution in [3.8, 4) is 0 Å². The van der Waals surface area contributed by atoms with Gasteiger partial charge >= 0.3 is 0 Å². The van der Waals surface area contributed by atoms with Gasteiger partial charge in [0.25, 0.3) is 0 Å². The van der Waals surface area contributed by atoms with E-state index in [1.165, 1.54) is 0 Å². The zero-order valence-electron chi connectivity index (χ0n) is 7.75. The summed E-state index contributed by atoms with van der Waals surface area (Å²) in [4.78, 5) is 1.95. The van der Waals surface area contributed by atoms with Crippen LogP contribution in [0.4, 0.5) is 0 Å². The first kappa shape index (κ1) is 13.4. The molecule has 0 aliphatic rings. The smallest absolute Gasteiger partial charge is 0.0638 e. The summed E-state index contributed by atoms with van der Waals surface area (Å²) in [7, 11) is 3.87. The molecule has 0 aromatic heterocycles. The highest BCUT2D eigenvalue weighted by molar-refractivity contribution is 4.48. The second-order valence-corrected chi connectivity index (χ2v) is 2.69. The molecule has 0 amide bonds. The third-order valence-corrected chi connectivity index (χ3v) is 0.796. The van der Waals surface area contributed by atoms with Crippen LogP contribution in [0, 0.1) is 0 Å². The monoisotopic (exact) mass is 163 g/mol. The Morgan fingerprint density at radius 3 is 1.64 bits per heavy atom. The van der Waals surface area contributed by atoms with Gasteiger partial charge in [-0.2, -0.15) is 0 Å². The van der Waals surface area contributed by atoms with E-state index >= 15 is 0 Å². The number of nitrogens with zero attached hydrogens (tertiary/aromatic N) is 1. The largest absolute Gasteiger partial charge is 0.392 e. The molecule has 5 N–H and O–H groups in total. The van der Waals surface area contributed by atoms with Gasteiger partial charge in [0, 0.05) is 19.6 Å². The lowest BCUT2D eigenvalue weighted by atomic mass is 10.4. The van der Waals surface area contributed by atoms with Crippen molar-refractivity contribution in [2.24, 2.45) is 11.5 Å². The molecule has 11 heavy (non-hydrogen) atoms. The molecule has 0 heterocycles. The minimum Gasteiger partial charge on any atom is -0.392 e. The third kappa shape index (κ3) is 25.8. The summed E-state index contributed by atoms with van der Waals surface area (Å²) < 4.78 is 0. The molecule has 70 valence electrons. The standard InChI is InChI=1S/C5H13NO.C2H8N2/c1-5(7)4-6(2)3;3-1-2-4/h5,7H,4H2,1-3H3;1-4H2. The fourth-order valence-corrected chi connectivity index (χ4v) is 0.528. The van der Waals surface area contributed by atoms with Gasteiger partial charge in [0.1, 0.15) is 0 Å². The second kappa shape index (κ2) is 9.84. The van der Waals surface area contributed by atoms with Crippen molar-refractivity contribution in [3.05, 3.63) is 0 Å². The molecule has 0 saturated heterocycles. The normalized spacial score (nSPS) is 12.3. The second-order valence-electron chi connectivity index (χ2n) is 2.69. The van der Waals surface area contributed by atoms with Gasteiger partial charge in [-0.25, -0.2) is 0 Å². The van der Waals surface area contributed by atoms with Gasteiger partial charge in [0.15, 0.2) is 0 Å². The average molecular weight is 163 g/mol. The Morgan fingerprint density at radius 1 is 1.27 bits per heavy atom. The van der Waals surface area contributed by atoms with Crippen LogP contribution >= 0.6 is 0 Å². The van der Waals surface area contributed by atoms with E-state index in [9.17, 15) is 0 Å². The first-order chi connectivity index (χ1) is 5.04. The van der Waals surface area contributed by atoms with Gasteiger partial charge in [-0.1, -0.05) is 0 Å². The molecule has 4 nitrogen and oxygen atoms in total. The lowest BCUT2D eigenvalue weighted by Crippen LogP contribution is -2.22. The van der Waals surface area contributed by atoms with E-state index in [1.54, 1.807) is 6.92 Å². The van der Waals surface area contributed by atoms with E-state index in [1.807, 2.05) is 19.0 Å². The minimum absolute atomic E-state index is 0.199. The molecular weight excluding hydrogens is 142 g/mol. The Bertz CT molecular complexity index is 58.7. The zero-order valence-corrected chi connectivity index (χ0v) is 7.75. The zero-order chi connectivity index (χ0) is 9.28. The summed E-state index contributed by atoms with van der Waals surface area (Å²) in [6.07, 6.45) is -0.199. The van der Waals surface area contributed by atoms with Crippen molar-refractivity contribution >= 4 is 0 Å². The molecule has 0 saturated carbocycles. The Hall–Kier alpha value is -0.160. The number of nitrogens with two attached hydrogens (primary N) is 2. The number of aliphatic hydroxyl groups is 1. The molecule has 4 heteroatoms. The van der Waals surface area contributed by atoms with Crippen LogP contribution in [-0.4, -0.2) is 49.8 Å². The number of likely N-dealkylation sites (N-methyl/N-ethyl adjacent to an activating group) is 1. The summed E-state index contributed by atoms with van der Waals surface area (Å²) in [5, 5.41) is 8.68. The molecule has 0 bridgehead atoms. The van der Waals surface area contributed by atoms with Gasteiger partial charge in [-0.15, -0.1) is 0 Å². The number of aliphatic hydroxyl groups excluding tert-OH is 1. The molecule has 0 aliphatic carbocycles. The Kier molecular flexibility index (Phi) is 12.0. The number of hydrogen-bond donors (Lipinski definition) is 3. The minimum atomic E-state index is -0.199. The summed E-state index contributed by atoms with van der Waals surface area (Å²) in [5.74, 6) is 0. The first-order valence-electron chi connectivity index (χ1n) is 3.77. The summed E-state index contributed by atoms with van der Waals surface area (Å²) in [6.45, 7) is 3.72. The van der Waals surface area contributed by atoms with Crippen molar-refractivity contribution in [3.63, 3.8) is 0 Å². The van der Waals surface area contributed by atoms with E-state index < -0.39 is 0 Å². The van der Waals surface area contributed by atoms with Crippen LogP contribution in [0.25, 0.3) is 0 Å². The first-order valence-corrected chi connectivity index (χ1v) is 3.77. The maximum absolute atomic E-state index is 8.68. The van der Waals surface area contributed by atoms with Crippen LogP contribution in [0.5, 0.6) is 0 Å².